The molecule has 2 amide bonds. The van der Waals surface area contributed by atoms with Crippen molar-refractivity contribution in [3.8, 4) is 0 Å². The molecule has 1 aromatic rings. The van der Waals surface area contributed by atoms with Gasteiger partial charge in [0.1, 0.15) is 6.04 Å². The number of hydrogen-bond donors (Lipinski definition) is 2. The Morgan fingerprint density at radius 3 is 2.52 bits per heavy atom. The van der Waals surface area contributed by atoms with Gasteiger partial charge in [0.25, 0.3) is 0 Å². The number of benzene rings is 1. The third kappa shape index (κ3) is 3.39. The van der Waals surface area contributed by atoms with Crippen molar-refractivity contribution in [2.75, 3.05) is 6.54 Å². The van der Waals surface area contributed by atoms with Crippen molar-refractivity contribution >= 4 is 17.8 Å². The summed E-state index contributed by atoms with van der Waals surface area (Å²) in [6.45, 7) is 1.95. The number of hydrogen-bond acceptors (Lipinski definition) is 3. The lowest BCUT2D eigenvalue weighted by atomic mass is 10.1. The second kappa shape index (κ2) is 6.39. The molecule has 6 heteroatoms. The number of aliphatic carboxylic acids is 1. The Morgan fingerprint density at radius 2 is 1.95 bits per heavy atom. The quantitative estimate of drug-likeness (QED) is 0.864. The monoisotopic (exact) mass is 290 g/mol. The first-order chi connectivity index (χ1) is 10.0. The fraction of sp³-hybridized carbons (Fsp3) is 0.400. The first-order valence-electron chi connectivity index (χ1n) is 6.86. The summed E-state index contributed by atoms with van der Waals surface area (Å²) < 4.78 is 0. The number of nitrogens with one attached hydrogen (secondary N) is 1. The molecular weight excluding hydrogens is 272 g/mol. The van der Waals surface area contributed by atoms with Gasteiger partial charge >= 0.3 is 5.97 Å². The van der Waals surface area contributed by atoms with E-state index in [4.69, 9.17) is 0 Å². The molecule has 0 bridgehead atoms. The number of amides is 2. The third-order valence-electron chi connectivity index (χ3n) is 3.63. The summed E-state index contributed by atoms with van der Waals surface area (Å²) in [6.07, 6.45) is 1.31. The highest BCUT2D eigenvalue weighted by Crippen LogP contribution is 2.19. The molecule has 2 N–H and O–H groups in total. The van der Waals surface area contributed by atoms with Gasteiger partial charge in [0.05, 0.1) is 0 Å². The first kappa shape index (κ1) is 15.0. The highest BCUT2D eigenvalue weighted by molar-refractivity contribution is 5.90. The predicted molar refractivity (Wildman–Crippen MR) is 75.4 cm³/mol. The fourth-order valence-electron chi connectivity index (χ4n) is 2.59. The summed E-state index contributed by atoms with van der Waals surface area (Å²) in [7, 11) is 0. The number of rotatable bonds is 4. The summed E-state index contributed by atoms with van der Waals surface area (Å²) in [6, 6.07) is 6.83. The van der Waals surface area contributed by atoms with E-state index in [9.17, 15) is 19.5 Å². The van der Waals surface area contributed by atoms with E-state index in [2.05, 4.69) is 5.32 Å². The molecule has 1 aliphatic heterocycles. The van der Waals surface area contributed by atoms with Crippen molar-refractivity contribution in [2.24, 2.45) is 0 Å². The van der Waals surface area contributed by atoms with E-state index in [-0.39, 0.29) is 5.91 Å². The van der Waals surface area contributed by atoms with E-state index in [0.717, 1.165) is 6.42 Å². The van der Waals surface area contributed by atoms with E-state index in [1.165, 1.54) is 11.8 Å². The number of nitrogens with zero attached hydrogens (tertiary/aromatic N) is 1. The summed E-state index contributed by atoms with van der Waals surface area (Å²) in [5.41, 5.74) is 0.505. The molecule has 1 saturated heterocycles. The van der Waals surface area contributed by atoms with Crippen molar-refractivity contribution in [1.82, 2.24) is 10.2 Å². The Kier molecular flexibility index (Phi) is 4.57. The van der Waals surface area contributed by atoms with Gasteiger partial charge in [0.2, 0.25) is 11.8 Å². The maximum Gasteiger partial charge on any atom is 0.330 e. The van der Waals surface area contributed by atoms with Gasteiger partial charge in [-0.15, -0.1) is 0 Å². The lowest BCUT2D eigenvalue weighted by molar-refractivity contribution is -0.143. The molecule has 2 atom stereocenters. The fourth-order valence-corrected chi connectivity index (χ4v) is 2.59. The van der Waals surface area contributed by atoms with Crippen LogP contribution in [0.2, 0.25) is 0 Å². The molecule has 0 aromatic heterocycles. The minimum Gasteiger partial charge on any atom is -0.479 e. The zero-order chi connectivity index (χ0) is 15.4. The molecule has 6 nitrogen and oxygen atoms in total. The number of carboxylic acid groups (broad SMARTS) is 1. The second-order valence-corrected chi connectivity index (χ2v) is 5.06. The zero-order valence-electron chi connectivity index (χ0n) is 11.8. The van der Waals surface area contributed by atoms with Crippen molar-refractivity contribution in [3.63, 3.8) is 0 Å². The number of carbonyl (C=O) groups is 3. The minimum atomic E-state index is -1.12. The smallest absolute Gasteiger partial charge is 0.330 e. The normalized spacial score (nSPS) is 19.1. The van der Waals surface area contributed by atoms with Crippen molar-refractivity contribution in [3.05, 3.63) is 35.9 Å². The SMILES string of the molecule is CC(=O)N1CCC[C@H]1C(=O)N[C@H](C(=O)O)c1ccccc1. The van der Waals surface area contributed by atoms with E-state index >= 15 is 0 Å². The van der Waals surface area contributed by atoms with E-state index < -0.39 is 24.0 Å². The Morgan fingerprint density at radius 1 is 1.29 bits per heavy atom. The molecular formula is C15H18N2O4. The zero-order valence-corrected chi connectivity index (χ0v) is 11.8. The van der Waals surface area contributed by atoms with Crippen molar-refractivity contribution in [1.29, 1.82) is 0 Å². The Labute approximate surface area is 122 Å². The van der Waals surface area contributed by atoms with Crippen LogP contribution in [0.15, 0.2) is 30.3 Å². The number of likely N-dealkylation sites (tertiary alicyclic amines) is 1. The lowest BCUT2D eigenvalue weighted by Gasteiger charge is -2.24. The summed E-state index contributed by atoms with van der Waals surface area (Å²) in [5.74, 6) is -1.71. The molecule has 0 aliphatic carbocycles. The highest BCUT2D eigenvalue weighted by atomic mass is 16.4. The van der Waals surface area contributed by atoms with Crippen LogP contribution in [0, 0.1) is 0 Å². The molecule has 1 aliphatic rings. The van der Waals surface area contributed by atoms with Crippen LogP contribution in [-0.4, -0.2) is 40.4 Å². The highest BCUT2D eigenvalue weighted by Gasteiger charge is 2.34. The molecule has 1 heterocycles. The lowest BCUT2D eigenvalue weighted by Crippen LogP contribution is -2.47. The number of carbonyl (C=O) groups excluding carboxylic acids is 2. The van der Waals surface area contributed by atoms with Crippen LogP contribution in [0.25, 0.3) is 0 Å². The molecule has 2 rings (SSSR count). The Bertz CT molecular complexity index is 544. The van der Waals surface area contributed by atoms with Crippen LogP contribution in [0.1, 0.15) is 31.4 Å². The summed E-state index contributed by atoms with van der Waals surface area (Å²) >= 11 is 0. The van der Waals surface area contributed by atoms with Gasteiger partial charge in [0, 0.05) is 13.5 Å². The molecule has 112 valence electrons. The summed E-state index contributed by atoms with van der Waals surface area (Å²) in [4.78, 5) is 36.6. The van der Waals surface area contributed by atoms with E-state index in [1.807, 2.05) is 0 Å². The van der Waals surface area contributed by atoms with Crippen molar-refractivity contribution < 1.29 is 19.5 Å². The summed E-state index contributed by atoms with van der Waals surface area (Å²) in [5, 5.41) is 11.8. The Hall–Kier alpha value is -2.37. The molecule has 0 radical (unpaired) electrons. The molecule has 0 saturated carbocycles. The Balaban J connectivity index is 2.12. The maximum atomic E-state index is 12.3. The molecule has 21 heavy (non-hydrogen) atoms. The van der Waals surface area contributed by atoms with Gasteiger partial charge in [-0.3, -0.25) is 9.59 Å². The van der Waals surface area contributed by atoms with Gasteiger partial charge in [-0.25, -0.2) is 4.79 Å². The van der Waals surface area contributed by atoms with E-state index in [0.29, 0.717) is 18.5 Å². The van der Waals surface area contributed by atoms with Gasteiger partial charge in [-0.05, 0) is 18.4 Å². The van der Waals surface area contributed by atoms with E-state index in [1.54, 1.807) is 30.3 Å². The van der Waals surface area contributed by atoms with Gasteiger partial charge < -0.3 is 15.3 Å². The molecule has 0 spiro atoms. The van der Waals surface area contributed by atoms with Crippen LogP contribution in [0.3, 0.4) is 0 Å². The minimum absolute atomic E-state index is 0.167. The molecule has 1 aromatic carbocycles. The van der Waals surface area contributed by atoms with Crippen molar-refractivity contribution in [2.45, 2.75) is 31.8 Å². The maximum absolute atomic E-state index is 12.3. The second-order valence-electron chi connectivity index (χ2n) is 5.06. The predicted octanol–water partition coefficient (Wildman–Crippen LogP) is 0.939. The van der Waals surface area contributed by atoms with Gasteiger partial charge in [0.15, 0.2) is 6.04 Å². The topological polar surface area (TPSA) is 86.7 Å². The van der Waals surface area contributed by atoms with Crippen LogP contribution in [0.5, 0.6) is 0 Å². The van der Waals surface area contributed by atoms with Gasteiger partial charge in [-0.2, -0.15) is 0 Å². The average Bonchev–Trinajstić information content (AvgIpc) is 2.94. The van der Waals surface area contributed by atoms with Crippen LogP contribution in [-0.2, 0) is 14.4 Å². The third-order valence-corrected chi connectivity index (χ3v) is 3.63. The van der Waals surface area contributed by atoms with Gasteiger partial charge in [-0.1, -0.05) is 30.3 Å². The molecule has 0 unspecified atom stereocenters. The van der Waals surface area contributed by atoms with Crippen LogP contribution < -0.4 is 5.32 Å². The standard InChI is InChI=1S/C15H18N2O4/c1-10(18)17-9-5-8-12(17)14(19)16-13(15(20)21)11-6-3-2-4-7-11/h2-4,6-7,12-13H,5,8-9H2,1H3,(H,16,19)(H,20,21)/t12-,13-/m0/s1. The molecule has 1 fully saturated rings. The van der Waals surface area contributed by atoms with Crippen LogP contribution >= 0.6 is 0 Å². The average molecular weight is 290 g/mol. The number of carboxylic acids is 1. The first-order valence-corrected chi connectivity index (χ1v) is 6.86. The largest absolute Gasteiger partial charge is 0.479 e. The van der Waals surface area contributed by atoms with Crippen LogP contribution in [0.4, 0.5) is 0 Å².